The molecule has 3 N–H and O–H groups in total. The Morgan fingerprint density at radius 2 is 1.94 bits per heavy atom. The van der Waals surface area contributed by atoms with Crippen LogP contribution in [0, 0.1) is 12.3 Å². The molecule has 0 saturated carbocycles. The van der Waals surface area contributed by atoms with Gasteiger partial charge in [-0.3, -0.25) is 14.5 Å². The van der Waals surface area contributed by atoms with Gasteiger partial charge in [-0.05, 0) is 0 Å². The highest BCUT2D eigenvalue weighted by atomic mass is 16.4. The number of hydrogen-bond acceptors (Lipinski definition) is 4. The molecule has 1 heterocycles. The molecule has 94 valence electrons. The largest absolute Gasteiger partial charge is 0.481 e. The molecule has 1 atom stereocenters. The number of carbonyl (C=O) groups excluding carboxylic acids is 1. The molecule has 0 radical (unpaired) electrons. The van der Waals surface area contributed by atoms with E-state index >= 15 is 0 Å². The van der Waals surface area contributed by atoms with Crippen molar-refractivity contribution < 1.29 is 14.7 Å². The number of nitrogens with two attached hydrogens (primary N) is 1. The fourth-order valence-corrected chi connectivity index (χ4v) is 1.77. The Kier molecular flexibility index (Phi) is 4.94. The van der Waals surface area contributed by atoms with Gasteiger partial charge in [0.2, 0.25) is 5.91 Å². The van der Waals surface area contributed by atoms with Crippen molar-refractivity contribution >= 4 is 11.9 Å². The molecule has 1 aliphatic heterocycles. The van der Waals surface area contributed by atoms with Gasteiger partial charge < -0.3 is 15.7 Å². The van der Waals surface area contributed by atoms with Crippen molar-refractivity contribution in [3.05, 3.63) is 0 Å². The maximum Gasteiger partial charge on any atom is 0.305 e. The molecule has 1 aliphatic rings. The van der Waals surface area contributed by atoms with E-state index in [1.807, 2.05) is 0 Å². The quantitative estimate of drug-likeness (QED) is 0.587. The molecular weight excluding hydrogens is 222 g/mol. The van der Waals surface area contributed by atoms with Crippen molar-refractivity contribution in [2.45, 2.75) is 12.5 Å². The molecule has 1 saturated heterocycles. The first-order valence-corrected chi connectivity index (χ1v) is 5.46. The summed E-state index contributed by atoms with van der Waals surface area (Å²) in [5.41, 5.74) is 5.52. The lowest BCUT2D eigenvalue weighted by Crippen LogP contribution is -2.53. The van der Waals surface area contributed by atoms with Crippen LogP contribution in [-0.2, 0) is 9.59 Å². The molecule has 0 aromatic heterocycles. The summed E-state index contributed by atoms with van der Waals surface area (Å²) in [6.07, 6.45) is 4.87. The van der Waals surface area contributed by atoms with Crippen molar-refractivity contribution in [2.24, 2.45) is 5.73 Å². The summed E-state index contributed by atoms with van der Waals surface area (Å²) >= 11 is 0. The van der Waals surface area contributed by atoms with Gasteiger partial charge in [0.15, 0.2) is 0 Å². The highest BCUT2D eigenvalue weighted by Crippen LogP contribution is 2.04. The minimum Gasteiger partial charge on any atom is -0.481 e. The van der Waals surface area contributed by atoms with Crippen molar-refractivity contribution in [2.75, 3.05) is 32.7 Å². The SMILES string of the molecule is C#CCN1CCN(C(=O)C(N)CC(=O)O)CC1. The monoisotopic (exact) mass is 239 g/mol. The standard InChI is InChI=1S/C11H17N3O3/c1-2-3-13-4-6-14(7-5-13)11(17)9(12)8-10(15)16/h1,9H,3-8,12H2,(H,15,16). The number of carboxylic acids is 1. The minimum absolute atomic E-state index is 0.298. The second-order valence-electron chi connectivity index (χ2n) is 4.01. The Morgan fingerprint density at radius 1 is 1.35 bits per heavy atom. The molecule has 17 heavy (non-hydrogen) atoms. The maximum atomic E-state index is 11.8. The normalized spacial score (nSPS) is 18.5. The Hall–Kier alpha value is -1.58. The summed E-state index contributed by atoms with van der Waals surface area (Å²) in [5, 5.41) is 8.56. The number of rotatable bonds is 4. The first-order chi connectivity index (χ1) is 8.04. The van der Waals surface area contributed by atoms with E-state index in [9.17, 15) is 9.59 Å². The van der Waals surface area contributed by atoms with Gasteiger partial charge in [0.25, 0.3) is 0 Å². The summed E-state index contributed by atoms with van der Waals surface area (Å²) < 4.78 is 0. The number of amides is 1. The fourth-order valence-electron chi connectivity index (χ4n) is 1.77. The fraction of sp³-hybridized carbons (Fsp3) is 0.636. The smallest absolute Gasteiger partial charge is 0.305 e. The van der Waals surface area contributed by atoms with Crippen LogP contribution in [0.5, 0.6) is 0 Å². The van der Waals surface area contributed by atoms with Crippen molar-refractivity contribution in [3.8, 4) is 12.3 Å². The third-order valence-electron chi connectivity index (χ3n) is 2.71. The average Bonchev–Trinajstić information content (AvgIpc) is 2.28. The van der Waals surface area contributed by atoms with E-state index in [2.05, 4.69) is 10.8 Å². The van der Waals surface area contributed by atoms with E-state index in [4.69, 9.17) is 17.3 Å². The van der Waals surface area contributed by atoms with Gasteiger partial charge >= 0.3 is 5.97 Å². The highest BCUT2D eigenvalue weighted by molar-refractivity contribution is 5.86. The van der Waals surface area contributed by atoms with Crippen LogP contribution in [0.25, 0.3) is 0 Å². The molecule has 0 spiro atoms. The molecule has 1 fully saturated rings. The number of hydrogen-bond donors (Lipinski definition) is 2. The Balaban J connectivity index is 2.40. The van der Waals surface area contributed by atoms with Crippen molar-refractivity contribution in [1.82, 2.24) is 9.80 Å². The molecule has 0 bridgehead atoms. The van der Waals surface area contributed by atoms with Crippen molar-refractivity contribution in [3.63, 3.8) is 0 Å². The van der Waals surface area contributed by atoms with Crippen LogP contribution >= 0.6 is 0 Å². The zero-order valence-electron chi connectivity index (χ0n) is 9.63. The third kappa shape index (κ3) is 4.06. The van der Waals surface area contributed by atoms with E-state index in [0.717, 1.165) is 0 Å². The van der Waals surface area contributed by atoms with Crippen LogP contribution in [0.3, 0.4) is 0 Å². The molecular formula is C11H17N3O3. The molecule has 0 aliphatic carbocycles. The van der Waals surface area contributed by atoms with Gasteiger partial charge in [0.05, 0.1) is 19.0 Å². The summed E-state index contributed by atoms with van der Waals surface area (Å²) in [7, 11) is 0. The van der Waals surface area contributed by atoms with Crippen molar-refractivity contribution in [1.29, 1.82) is 0 Å². The maximum absolute atomic E-state index is 11.8. The first kappa shape index (κ1) is 13.5. The van der Waals surface area contributed by atoms with Crippen LogP contribution in [0.15, 0.2) is 0 Å². The average molecular weight is 239 g/mol. The third-order valence-corrected chi connectivity index (χ3v) is 2.71. The van der Waals surface area contributed by atoms with Gasteiger partial charge in [-0.25, -0.2) is 0 Å². The molecule has 6 nitrogen and oxygen atoms in total. The molecule has 1 amide bonds. The Labute approximate surface area is 100 Å². The van der Waals surface area contributed by atoms with Crippen LogP contribution in [0.4, 0.5) is 0 Å². The lowest BCUT2D eigenvalue weighted by molar-refractivity contribution is -0.142. The lowest BCUT2D eigenvalue weighted by atomic mass is 10.2. The number of carbonyl (C=O) groups is 2. The van der Waals surface area contributed by atoms with Crippen LogP contribution in [0.2, 0.25) is 0 Å². The number of terminal acetylenes is 1. The van der Waals surface area contributed by atoms with E-state index in [-0.39, 0.29) is 12.3 Å². The Morgan fingerprint density at radius 3 is 2.41 bits per heavy atom. The number of carboxylic acid groups (broad SMARTS) is 1. The molecule has 1 unspecified atom stereocenters. The predicted molar refractivity (Wildman–Crippen MR) is 62.1 cm³/mol. The molecule has 6 heteroatoms. The van der Waals surface area contributed by atoms with E-state index in [0.29, 0.717) is 32.7 Å². The number of aliphatic carboxylic acids is 1. The highest BCUT2D eigenvalue weighted by Gasteiger charge is 2.26. The number of piperazine rings is 1. The van der Waals surface area contributed by atoms with Crippen LogP contribution in [0.1, 0.15) is 6.42 Å². The van der Waals surface area contributed by atoms with Gasteiger partial charge in [-0.1, -0.05) is 5.92 Å². The minimum atomic E-state index is -1.06. The molecule has 1 rings (SSSR count). The van der Waals surface area contributed by atoms with Crippen LogP contribution < -0.4 is 5.73 Å². The van der Waals surface area contributed by atoms with Gasteiger partial charge in [0, 0.05) is 26.2 Å². The van der Waals surface area contributed by atoms with E-state index < -0.39 is 12.0 Å². The second-order valence-corrected chi connectivity index (χ2v) is 4.01. The second kappa shape index (κ2) is 6.23. The Bertz CT molecular complexity index is 329. The van der Waals surface area contributed by atoms with Gasteiger partial charge in [-0.15, -0.1) is 6.42 Å². The summed E-state index contributed by atoms with van der Waals surface area (Å²) in [6.45, 7) is 3.08. The number of nitrogens with zero attached hydrogens (tertiary/aromatic N) is 2. The lowest BCUT2D eigenvalue weighted by Gasteiger charge is -2.34. The van der Waals surface area contributed by atoms with E-state index in [1.54, 1.807) is 4.90 Å². The molecule has 0 aromatic rings. The summed E-state index contributed by atoms with van der Waals surface area (Å²) in [6, 6.07) is -0.952. The predicted octanol–water partition coefficient (Wildman–Crippen LogP) is -1.43. The van der Waals surface area contributed by atoms with Crippen LogP contribution in [-0.4, -0.2) is 65.5 Å². The molecule has 0 aromatic carbocycles. The van der Waals surface area contributed by atoms with Gasteiger partial charge in [0.1, 0.15) is 0 Å². The zero-order valence-corrected chi connectivity index (χ0v) is 9.63. The topological polar surface area (TPSA) is 86.9 Å². The summed E-state index contributed by atoms with van der Waals surface area (Å²) in [5.74, 6) is 1.19. The first-order valence-electron chi connectivity index (χ1n) is 5.46. The van der Waals surface area contributed by atoms with Gasteiger partial charge in [-0.2, -0.15) is 0 Å². The summed E-state index contributed by atoms with van der Waals surface area (Å²) in [4.78, 5) is 25.9. The zero-order chi connectivity index (χ0) is 12.8. The van der Waals surface area contributed by atoms with E-state index in [1.165, 1.54) is 0 Å².